The Kier molecular flexibility index (Phi) is 5.70. The number of likely N-dealkylation sites (N-methyl/N-ethyl adjacent to an activating group) is 1. The lowest BCUT2D eigenvalue weighted by molar-refractivity contribution is -0.385. The summed E-state index contributed by atoms with van der Waals surface area (Å²) in [7, 11) is 3.48. The van der Waals surface area contributed by atoms with Crippen molar-refractivity contribution < 1.29 is 14.8 Å². The second kappa shape index (κ2) is 7.05. The predicted octanol–water partition coefficient (Wildman–Crippen LogP) is 1.21. The Bertz CT molecular complexity index is 397. The highest BCUT2D eigenvalue weighted by atomic mass is 16.6. The zero-order chi connectivity index (χ0) is 13.5. The van der Waals surface area contributed by atoms with E-state index in [-0.39, 0.29) is 5.69 Å². The van der Waals surface area contributed by atoms with Gasteiger partial charge < -0.3 is 14.7 Å². The summed E-state index contributed by atoms with van der Waals surface area (Å²) >= 11 is 0. The van der Waals surface area contributed by atoms with E-state index in [0.29, 0.717) is 25.3 Å². The Morgan fingerprint density at radius 2 is 2.28 bits per heavy atom. The first-order chi connectivity index (χ1) is 8.54. The smallest absolute Gasteiger partial charge is 0.269 e. The highest BCUT2D eigenvalue weighted by Crippen LogP contribution is 2.19. The standard InChI is InChI=1S/C12H18N2O4/c1-13(6-7-18-2)9-12(15)10-4-3-5-11(8-10)14(16)17/h3-5,8,12,15H,6-7,9H2,1-2H3. The highest BCUT2D eigenvalue weighted by molar-refractivity contribution is 5.35. The molecule has 0 aromatic heterocycles. The number of nitro benzene ring substituents is 1. The van der Waals surface area contributed by atoms with Crippen LogP contribution in [0.4, 0.5) is 5.69 Å². The fourth-order valence-corrected chi connectivity index (χ4v) is 1.58. The van der Waals surface area contributed by atoms with Crippen molar-refractivity contribution in [1.82, 2.24) is 4.90 Å². The summed E-state index contributed by atoms with van der Waals surface area (Å²) in [4.78, 5) is 12.1. The van der Waals surface area contributed by atoms with Gasteiger partial charge in [-0.1, -0.05) is 12.1 Å². The van der Waals surface area contributed by atoms with Gasteiger partial charge in [0.15, 0.2) is 0 Å². The van der Waals surface area contributed by atoms with Crippen molar-refractivity contribution in [3.05, 3.63) is 39.9 Å². The SMILES string of the molecule is COCCN(C)CC(O)c1cccc([N+](=O)[O-])c1. The molecule has 0 spiro atoms. The van der Waals surface area contributed by atoms with Gasteiger partial charge in [0, 0.05) is 32.3 Å². The number of methoxy groups -OCH3 is 1. The first-order valence-corrected chi connectivity index (χ1v) is 5.64. The maximum Gasteiger partial charge on any atom is 0.269 e. The van der Waals surface area contributed by atoms with Crippen LogP contribution in [0.25, 0.3) is 0 Å². The van der Waals surface area contributed by atoms with Gasteiger partial charge in [0.25, 0.3) is 5.69 Å². The van der Waals surface area contributed by atoms with Crippen molar-refractivity contribution in [1.29, 1.82) is 0 Å². The average Bonchev–Trinajstić information content (AvgIpc) is 2.36. The number of ether oxygens (including phenoxy) is 1. The Morgan fingerprint density at radius 1 is 1.56 bits per heavy atom. The molecule has 0 aliphatic carbocycles. The summed E-state index contributed by atoms with van der Waals surface area (Å²) in [6, 6.07) is 6.06. The molecular weight excluding hydrogens is 236 g/mol. The Morgan fingerprint density at radius 3 is 2.89 bits per heavy atom. The molecule has 0 saturated carbocycles. The molecule has 0 aliphatic rings. The normalized spacial score (nSPS) is 12.7. The molecule has 0 radical (unpaired) electrons. The summed E-state index contributed by atoms with van der Waals surface area (Å²) in [5, 5.41) is 20.6. The number of aliphatic hydroxyl groups is 1. The Balaban J connectivity index is 2.63. The fraction of sp³-hybridized carbons (Fsp3) is 0.500. The number of hydrogen-bond acceptors (Lipinski definition) is 5. The van der Waals surface area contributed by atoms with Gasteiger partial charge in [0.05, 0.1) is 17.6 Å². The maximum absolute atomic E-state index is 10.6. The molecule has 1 atom stereocenters. The third kappa shape index (κ3) is 4.40. The van der Waals surface area contributed by atoms with Crippen LogP contribution >= 0.6 is 0 Å². The van der Waals surface area contributed by atoms with Gasteiger partial charge >= 0.3 is 0 Å². The van der Waals surface area contributed by atoms with Crippen molar-refractivity contribution >= 4 is 5.69 Å². The van der Waals surface area contributed by atoms with E-state index in [1.165, 1.54) is 12.1 Å². The molecule has 6 nitrogen and oxygen atoms in total. The lowest BCUT2D eigenvalue weighted by Gasteiger charge is -2.20. The van der Waals surface area contributed by atoms with E-state index in [4.69, 9.17) is 4.74 Å². The molecule has 1 aromatic carbocycles. The lowest BCUT2D eigenvalue weighted by Crippen LogP contribution is -2.27. The first kappa shape index (κ1) is 14.6. The van der Waals surface area contributed by atoms with Crippen molar-refractivity contribution in [2.45, 2.75) is 6.10 Å². The number of non-ortho nitro benzene ring substituents is 1. The van der Waals surface area contributed by atoms with E-state index in [1.54, 1.807) is 19.2 Å². The molecule has 18 heavy (non-hydrogen) atoms. The van der Waals surface area contributed by atoms with Crippen LogP contribution in [0.15, 0.2) is 24.3 Å². The van der Waals surface area contributed by atoms with E-state index >= 15 is 0 Å². The second-order valence-electron chi connectivity index (χ2n) is 4.12. The van der Waals surface area contributed by atoms with Crippen LogP contribution in [0.5, 0.6) is 0 Å². The van der Waals surface area contributed by atoms with Gasteiger partial charge in [0.2, 0.25) is 0 Å². The predicted molar refractivity (Wildman–Crippen MR) is 67.4 cm³/mol. The summed E-state index contributed by atoms with van der Waals surface area (Å²) in [6.45, 7) is 1.69. The van der Waals surface area contributed by atoms with Crippen LogP contribution in [-0.4, -0.2) is 48.8 Å². The van der Waals surface area contributed by atoms with E-state index in [9.17, 15) is 15.2 Å². The maximum atomic E-state index is 10.6. The molecule has 100 valence electrons. The monoisotopic (exact) mass is 254 g/mol. The molecular formula is C12H18N2O4. The van der Waals surface area contributed by atoms with Crippen LogP contribution in [0.3, 0.4) is 0 Å². The molecule has 0 bridgehead atoms. The van der Waals surface area contributed by atoms with E-state index < -0.39 is 11.0 Å². The highest BCUT2D eigenvalue weighted by Gasteiger charge is 2.14. The molecule has 1 unspecified atom stereocenters. The van der Waals surface area contributed by atoms with Crippen LogP contribution in [0.2, 0.25) is 0 Å². The number of nitrogens with zero attached hydrogens (tertiary/aromatic N) is 2. The molecule has 1 rings (SSSR count). The lowest BCUT2D eigenvalue weighted by atomic mass is 10.1. The molecule has 6 heteroatoms. The molecule has 0 aliphatic heterocycles. The van der Waals surface area contributed by atoms with Crippen molar-refractivity contribution in [3.63, 3.8) is 0 Å². The van der Waals surface area contributed by atoms with Crippen molar-refractivity contribution in [3.8, 4) is 0 Å². The summed E-state index contributed by atoms with van der Waals surface area (Å²) in [5.74, 6) is 0. The number of hydrogen-bond donors (Lipinski definition) is 1. The van der Waals surface area contributed by atoms with Crippen LogP contribution in [0.1, 0.15) is 11.7 Å². The van der Waals surface area contributed by atoms with Crippen molar-refractivity contribution in [2.75, 3.05) is 33.9 Å². The number of aliphatic hydroxyl groups excluding tert-OH is 1. The molecule has 0 amide bonds. The Labute approximate surface area is 106 Å². The number of nitro groups is 1. The van der Waals surface area contributed by atoms with Gasteiger partial charge in [0.1, 0.15) is 0 Å². The average molecular weight is 254 g/mol. The van der Waals surface area contributed by atoms with Gasteiger partial charge in [-0.15, -0.1) is 0 Å². The third-order valence-electron chi connectivity index (χ3n) is 2.63. The number of rotatable bonds is 7. The number of benzene rings is 1. The topological polar surface area (TPSA) is 75.8 Å². The van der Waals surface area contributed by atoms with Crippen molar-refractivity contribution in [2.24, 2.45) is 0 Å². The van der Waals surface area contributed by atoms with Gasteiger partial charge in [-0.3, -0.25) is 10.1 Å². The Hall–Kier alpha value is -1.50. The van der Waals surface area contributed by atoms with Crippen LogP contribution in [-0.2, 0) is 4.74 Å². The minimum absolute atomic E-state index is 0.00825. The zero-order valence-electron chi connectivity index (χ0n) is 10.6. The van der Waals surface area contributed by atoms with Crippen LogP contribution in [0, 0.1) is 10.1 Å². The molecule has 1 N–H and O–H groups in total. The quantitative estimate of drug-likeness (QED) is 0.584. The van der Waals surface area contributed by atoms with Crippen LogP contribution < -0.4 is 0 Å². The molecule has 0 heterocycles. The minimum atomic E-state index is -0.744. The zero-order valence-corrected chi connectivity index (χ0v) is 10.6. The van der Waals surface area contributed by atoms with E-state index in [1.807, 2.05) is 11.9 Å². The van der Waals surface area contributed by atoms with E-state index in [0.717, 1.165) is 0 Å². The summed E-state index contributed by atoms with van der Waals surface area (Å²) in [5.41, 5.74) is 0.541. The third-order valence-corrected chi connectivity index (χ3v) is 2.63. The molecule has 0 fully saturated rings. The fourth-order valence-electron chi connectivity index (χ4n) is 1.58. The summed E-state index contributed by atoms with van der Waals surface area (Å²) in [6.07, 6.45) is -0.744. The van der Waals surface area contributed by atoms with Gasteiger partial charge in [-0.05, 0) is 12.6 Å². The van der Waals surface area contributed by atoms with Gasteiger partial charge in [-0.2, -0.15) is 0 Å². The molecule has 1 aromatic rings. The summed E-state index contributed by atoms with van der Waals surface area (Å²) < 4.78 is 4.94. The van der Waals surface area contributed by atoms with E-state index in [2.05, 4.69) is 0 Å². The minimum Gasteiger partial charge on any atom is -0.387 e. The first-order valence-electron chi connectivity index (χ1n) is 5.64. The van der Waals surface area contributed by atoms with Gasteiger partial charge in [-0.25, -0.2) is 0 Å². The second-order valence-corrected chi connectivity index (χ2v) is 4.12. The molecule has 0 saturated heterocycles. The largest absolute Gasteiger partial charge is 0.387 e.